The van der Waals surface area contributed by atoms with Crippen LogP contribution in [0.25, 0.3) is 11.0 Å². The number of hydrogen-bond donors (Lipinski definition) is 1. The predicted octanol–water partition coefficient (Wildman–Crippen LogP) is 5.13. The highest BCUT2D eigenvalue weighted by Crippen LogP contribution is 2.26. The summed E-state index contributed by atoms with van der Waals surface area (Å²) in [6, 6.07) is 19.1. The third kappa shape index (κ3) is 4.44. The van der Waals surface area contributed by atoms with Crippen LogP contribution in [0, 0.1) is 5.92 Å². The number of fused-ring (bicyclic) bond motifs is 1. The maximum atomic E-state index is 12.2. The van der Waals surface area contributed by atoms with Crippen LogP contribution in [0.5, 0.6) is 0 Å². The average Bonchev–Trinajstić information content (AvgIpc) is 3.10. The SMILES string of the molecule is CCC(CC)C(=O)NCCCc1nc2ccccc2n1C(C)c1ccccc1. The first kappa shape index (κ1) is 20.1. The highest BCUT2D eigenvalue weighted by Gasteiger charge is 2.17. The molecule has 0 saturated heterocycles. The molecular weight excluding hydrogens is 346 g/mol. The molecule has 2 aromatic carbocycles. The summed E-state index contributed by atoms with van der Waals surface area (Å²) in [6.07, 6.45) is 3.52. The van der Waals surface area contributed by atoms with Gasteiger partial charge in [0.05, 0.1) is 17.1 Å². The number of aromatic nitrogens is 2. The van der Waals surface area contributed by atoms with Crippen LogP contribution < -0.4 is 5.32 Å². The van der Waals surface area contributed by atoms with E-state index in [-0.39, 0.29) is 17.9 Å². The molecule has 148 valence electrons. The van der Waals surface area contributed by atoms with Crippen molar-refractivity contribution in [2.45, 2.75) is 52.5 Å². The second kappa shape index (κ2) is 9.54. The van der Waals surface area contributed by atoms with Gasteiger partial charge in [-0.25, -0.2) is 4.98 Å². The minimum Gasteiger partial charge on any atom is -0.356 e. The molecule has 1 atom stereocenters. The number of amides is 1. The lowest BCUT2D eigenvalue weighted by Crippen LogP contribution is -2.31. The van der Waals surface area contributed by atoms with Gasteiger partial charge in [-0.15, -0.1) is 0 Å². The molecule has 0 fully saturated rings. The molecule has 1 unspecified atom stereocenters. The average molecular weight is 378 g/mol. The van der Waals surface area contributed by atoms with Gasteiger partial charge in [0, 0.05) is 18.9 Å². The third-order valence-corrected chi connectivity index (χ3v) is 5.57. The summed E-state index contributed by atoms with van der Waals surface area (Å²) >= 11 is 0. The summed E-state index contributed by atoms with van der Waals surface area (Å²) in [7, 11) is 0. The summed E-state index contributed by atoms with van der Waals surface area (Å²) in [5, 5.41) is 3.09. The standard InChI is InChI=1S/C24H31N3O/c1-4-19(5-2)24(28)25-17-11-16-23-26-21-14-9-10-15-22(21)27(23)18(3)20-12-7-6-8-13-20/h6-10,12-15,18-19H,4-5,11,16-17H2,1-3H3,(H,25,28). The second-order valence-corrected chi connectivity index (χ2v) is 7.38. The summed E-state index contributed by atoms with van der Waals surface area (Å²) < 4.78 is 2.34. The van der Waals surface area contributed by atoms with Crippen molar-refractivity contribution >= 4 is 16.9 Å². The van der Waals surface area contributed by atoms with Gasteiger partial charge < -0.3 is 9.88 Å². The Labute approximate surface area is 168 Å². The van der Waals surface area contributed by atoms with E-state index in [9.17, 15) is 4.79 Å². The quantitative estimate of drug-likeness (QED) is 0.525. The fourth-order valence-electron chi connectivity index (χ4n) is 3.85. The number of nitrogens with one attached hydrogen (secondary N) is 1. The molecule has 0 aliphatic rings. The third-order valence-electron chi connectivity index (χ3n) is 5.57. The molecule has 3 rings (SSSR count). The van der Waals surface area contributed by atoms with Crippen LogP contribution in [0.2, 0.25) is 0 Å². The number of hydrogen-bond acceptors (Lipinski definition) is 2. The molecule has 0 saturated carbocycles. The van der Waals surface area contributed by atoms with Crippen LogP contribution in [0.15, 0.2) is 54.6 Å². The number of carbonyl (C=O) groups excluding carboxylic acids is 1. The Balaban J connectivity index is 1.75. The lowest BCUT2D eigenvalue weighted by Gasteiger charge is -2.18. The van der Waals surface area contributed by atoms with Gasteiger partial charge in [-0.1, -0.05) is 56.3 Å². The van der Waals surface area contributed by atoms with E-state index in [1.165, 1.54) is 5.56 Å². The van der Waals surface area contributed by atoms with Gasteiger partial charge in [0.25, 0.3) is 0 Å². The van der Waals surface area contributed by atoms with Gasteiger partial charge in [0.1, 0.15) is 5.82 Å². The summed E-state index contributed by atoms with van der Waals surface area (Å²) in [4.78, 5) is 17.1. The number of para-hydroxylation sites is 2. The topological polar surface area (TPSA) is 46.9 Å². The molecule has 0 radical (unpaired) electrons. The molecule has 4 heteroatoms. The van der Waals surface area contributed by atoms with Crippen LogP contribution in [-0.2, 0) is 11.2 Å². The molecular formula is C24H31N3O. The van der Waals surface area contributed by atoms with E-state index in [1.807, 2.05) is 12.1 Å². The second-order valence-electron chi connectivity index (χ2n) is 7.38. The van der Waals surface area contributed by atoms with E-state index < -0.39 is 0 Å². The van der Waals surface area contributed by atoms with Crippen LogP contribution >= 0.6 is 0 Å². The summed E-state index contributed by atoms with van der Waals surface area (Å²) in [6.45, 7) is 7.06. The molecule has 3 aromatic rings. The van der Waals surface area contributed by atoms with E-state index in [1.54, 1.807) is 0 Å². The maximum Gasteiger partial charge on any atom is 0.223 e. The lowest BCUT2D eigenvalue weighted by atomic mass is 10.0. The molecule has 28 heavy (non-hydrogen) atoms. The fourth-order valence-corrected chi connectivity index (χ4v) is 3.85. The molecule has 1 aromatic heterocycles. The van der Waals surface area contributed by atoms with Crippen LogP contribution in [-0.4, -0.2) is 22.0 Å². The molecule has 1 N–H and O–H groups in total. The van der Waals surface area contributed by atoms with Crippen molar-refractivity contribution in [1.29, 1.82) is 0 Å². The van der Waals surface area contributed by atoms with Crippen LogP contribution in [0.4, 0.5) is 0 Å². The van der Waals surface area contributed by atoms with Crippen molar-refractivity contribution in [1.82, 2.24) is 14.9 Å². The van der Waals surface area contributed by atoms with Crippen molar-refractivity contribution in [3.05, 3.63) is 66.0 Å². The monoisotopic (exact) mass is 377 g/mol. The Hall–Kier alpha value is -2.62. The molecule has 0 aliphatic heterocycles. The summed E-state index contributed by atoms with van der Waals surface area (Å²) in [5.41, 5.74) is 3.46. The van der Waals surface area contributed by atoms with E-state index in [2.05, 4.69) is 73.1 Å². The fraction of sp³-hybridized carbons (Fsp3) is 0.417. The number of carbonyl (C=O) groups is 1. The molecule has 0 bridgehead atoms. The Morgan fingerprint density at radius 2 is 1.71 bits per heavy atom. The van der Waals surface area contributed by atoms with Gasteiger partial charge in [-0.2, -0.15) is 0 Å². The zero-order valence-corrected chi connectivity index (χ0v) is 17.2. The molecule has 1 amide bonds. The number of nitrogens with zero attached hydrogens (tertiary/aromatic N) is 2. The van der Waals surface area contributed by atoms with Crippen LogP contribution in [0.1, 0.15) is 57.5 Å². The van der Waals surface area contributed by atoms with E-state index in [0.29, 0.717) is 6.54 Å². The zero-order valence-electron chi connectivity index (χ0n) is 17.2. The van der Waals surface area contributed by atoms with Crippen molar-refractivity contribution in [3.8, 4) is 0 Å². The highest BCUT2D eigenvalue weighted by molar-refractivity contribution is 5.78. The van der Waals surface area contributed by atoms with Crippen molar-refractivity contribution in [2.24, 2.45) is 5.92 Å². The molecule has 1 heterocycles. The van der Waals surface area contributed by atoms with E-state index in [4.69, 9.17) is 4.98 Å². The molecule has 4 nitrogen and oxygen atoms in total. The van der Waals surface area contributed by atoms with E-state index in [0.717, 1.165) is 42.5 Å². The number of aryl methyl sites for hydroxylation is 1. The van der Waals surface area contributed by atoms with Gasteiger partial charge in [0.15, 0.2) is 0 Å². The van der Waals surface area contributed by atoms with Gasteiger partial charge in [0.2, 0.25) is 5.91 Å². The first-order valence-corrected chi connectivity index (χ1v) is 10.4. The van der Waals surface area contributed by atoms with Crippen molar-refractivity contribution in [3.63, 3.8) is 0 Å². The van der Waals surface area contributed by atoms with Crippen LogP contribution in [0.3, 0.4) is 0 Å². The Kier molecular flexibility index (Phi) is 6.85. The maximum absolute atomic E-state index is 12.2. The first-order chi connectivity index (χ1) is 13.7. The van der Waals surface area contributed by atoms with Crippen molar-refractivity contribution < 1.29 is 4.79 Å². The largest absolute Gasteiger partial charge is 0.356 e. The highest BCUT2D eigenvalue weighted by atomic mass is 16.1. The Morgan fingerprint density at radius 1 is 1.04 bits per heavy atom. The number of imidazole rings is 1. The van der Waals surface area contributed by atoms with Gasteiger partial charge in [-0.05, 0) is 43.9 Å². The number of benzene rings is 2. The molecule has 0 aliphatic carbocycles. The predicted molar refractivity (Wildman–Crippen MR) is 115 cm³/mol. The van der Waals surface area contributed by atoms with Gasteiger partial charge in [-0.3, -0.25) is 4.79 Å². The van der Waals surface area contributed by atoms with E-state index >= 15 is 0 Å². The zero-order chi connectivity index (χ0) is 19.9. The lowest BCUT2D eigenvalue weighted by molar-refractivity contribution is -0.125. The minimum atomic E-state index is 0.127. The minimum absolute atomic E-state index is 0.127. The van der Waals surface area contributed by atoms with Crippen molar-refractivity contribution in [2.75, 3.05) is 6.54 Å². The van der Waals surface area contributed by atoms with Gasteiger partial charge >= 0.3 is 0 Å². The Morgan fingerprint density at radius 3 is 2.43 bits per heavy atom. The smallest absolute Gasteiger partial charge is 0.223 e. The normalized spacial score (nSPS) is 12.4. The first-order valence-electron chi connectivity index (χ1n) is 10.4. The molecule has 0 spiro atoms. The Bertz CT molecular complexity index is 897. The summed E-state index contributed by atoms with van der Waals surface area (Å²) in [5.74, 6) is 1.38. The number of rotatable bonds is 9.